The van der Waals surface area contributed by atoms with Crippen LogP contribution in [0.15, 0.2) is 68.9 Å². The lowest BCUT2D eigenvalue weighted by Crippen LogP contribution is -2.36. The summed E-state index contributed by atoms with van der Waals surface area (Å²) in [4.78, 5) is 20.0. The van der Waals surface area contributed by atoms with Gasteiger partial charge in [-0.2, -0.15) is 4.98 Å². The Balaban J connectivity index is 1.26. The fraction of sp³-hybridized carbons (Fsp3) is 0.464. The number of carbonyl (C=O) groups is 1. The summed E-state index contributed by atoms with van der Waals surface area (Å²) >= 11 is 3.74. The van der Waals surface area contributed by atoms with Crippen molar-refractivity contribution in [1.29, 1.82) is 0 Å². The molecule has 0 aliphatic carbocycles. The van der Waals surface area contributed by atoms with Gasteiger partial charge in [-0.1, -0.05) is 49.3 Å². The highest BCUT2D eigenvalue weighted by Gasteiger charge is 2.23. The minimum absolute atomic E-state index is 0.216. The number of hydrogen-bond acceptors (Lipinski definition) is 8. The van der Waals surface area contributed by atoms with E-state index in [4.69, 9.17) is 4.52 Å². The average molecular weight is 540 g/mol. The molecule has 1 N–H and O–H groups in total. The van der Waals surface area contributed by atoms with Crippen molar-refractivity contribution >= 4 is 36.1 Å². The predicted octanol–water partition coefficient (Wildman–Crippen LogP) is 5.85. The van der Waals surface area contributed by atoms with Crippen molar-refractivity contribution in [2.24, 2.45) is 5.92 Å². The number of nitrogens with zero attached hydrogens (tertiary/aromatic N) is 4. The highest BCUT2D eigenvalue weighted by atomic mass is 32.2. The van der Waals surface area contributed by atoms with Crippen molar-refractivity contribution in [2.45, 2.75) is 54.6 Å². The summed E-state index contributed by atoms with van der Waals surface area (Å²) in [7, 11) is 0. The van der Waals surface area contributed by atoms with Gasteiger partial charge in [0.1, 0.15) is 0 Å². The van der Waals surface area contributed by atoms with Crippen LogP contribution in [0.25, 0.3) is 0 Å². The van der Waals surface area contributed by atoms with Gasteiger partial charge in [0.25, 0.3) is 0 Å². The molecule has 1 atom stereocenters. The third kappa shape index (κ3) is 8.79. The molecule has 1 aliphatic rings. The average Bonchev–Trinajstić information content (AvgIpc) is 3.42. The van der Waals surface area contributed by atoms with Crippen LogP contribution < -0.4 is 10.2 Å². The number of aromatic nitrogens is 2. The monoisotopic (exact) mass is 539 g/mol. The highest BCUT2D eigenvalue weighted by molar-refractivity contribution is 7.98. The van der Waals surface area contributed by atoms with Crippen molar-refractivity contribution < 1.29 is 9.32 Å². The third-order valence-corrected chi connectivity index (χ3v) is 8.58. The summed E-state index contributed by atoms with van der Waals surface area (Å²) in [5, 5.41) is 6.87. The Hall–Kier alpha value is -2.49. The summed E-state index contributed by atoms with van der Waals surface area (Å²) < 4.78 is 8.05. The zero-order valence-electron chi connectivity index (χ0n) is 21.7. The zero-order chi connectivity index (χ0) is 25.9. The van der Waals surface area contributed by atoms with Crippen LogP contribution in [0.3, 0.4) is 0 Å². The van der Waals surface area contributed by atoms with Crippen LogP contribution in [0.5, 0.6) is 0 Å². The molecule has 1 aromatic heterocycles. The molecule has 3 aromatic rings. The Kier molecular flexibility index (Phi) is 10.8. The van der Waals surface area contributed by atoms with Gasteiger partial charge in [0.05, 0.1) is 0 Å². The normalized spacial score (nSPS) is 16.1. The molecule has 2 heterocycles. The number of piperidine rings is 1. The van der Waals surface area contributed by atoms with Crippen LogP contribution in [-0.2, 0) is 10.5 Å². The minimum atomic E-state index is 0.216. The van der Waals surface area contributed by atoms with Crippen LogP contribution in [-0.4, -0.2) is 53.6 Å². The van der Waals surface area contributed by atoms with E-state index in [2.05, 4.69) is 93.1 Å². The highest BCUT2D eigenvalue weighted by Crippen LogP contribution is 2.32. The van der Waals surface area contributed by atoms with E-state index in [1.807, 2.05) is 23.7 Å². The molecule has 1 unspecified atom stereocenters. The van der Waals surface area contributed by atoms with Gasteiger partial charge < -0.3 is 14.7 Å². The molecule has 1 saturated heterocycles. The number of amides is 1. The van der Waals surface area contributed by atoms with Gasteiger partial charge >= 0.3 is 6.01 Å². The summed E-state index contributed by atoms with van der Waals surface area (Å²) in [6.45, 7) is 8.32. The fourth-order valence-corrected chi connectivity index (χ4v) is 6.24. The second kappa shape index (κ2) is 14.4. The molecule has 0 bridgehead atoms. The molecule has 7 nitrogen and oxygen atoms in total. The van der Waals surface area contributed by atoms with Crippen LogP contribution in [0.2, 0.25) is 0 Å². The van der Waals surface area contributed by atoms with Gasteiger partial charge in [-0.3, -0.25) is 4.79 Å². The molecule has 0 spiro atoms. The van der Waals surface area contributed by atoms with Crippen molar-refractivity contribution in [3.8, 4) is 0 Å². The lowest BCUT2D eigenvalue weighted by Gasteiger charge is -2.32. The first-order valence-electron chi connectivity index (χ1n) is 13.1. The molecule has 1 amide bonds. The van der Waals surface area contributed by atoms with Crippen LogP contribution in [0.4, 0.5) is 6.01 Å². The van der Waals surface area contributed by atoms with Crippen molar-refractivity contribution in [2.75, 3.05) is 37.6 Å². The molecule has 198 valence electrons. The smallest absolute Gasteiger partial charge is 0.324 e. The van der Waals surface area contributed by atoms with E-state index in [1.165, 1.54) is 28.2 Å². The summed E-state index contributed by atoms with van der Waals surface area (Å²) in [6, 6.07) is 20.1. The van der Waals surface area contributed by atoms with E-state index in [0.717, 1.165) is 38.2 Å². The molecule has 0 saturated carbocycles. The molecule has 37 heavy (non-hydrogen) atoms. The fourth-order valence-electron chi connectivity index (χ4n) is 4.32. The van der Waals surface area contributed by atoms with Crippen LogP contribution in [0.1, 0.15) is 50.4 Å². The zero-order valence-corrected chi connectivity index (χ0v) is 23.3. The second-order valence-corrected chi connectivity index (χ2v) is 11.9. The molecular weight excluding hydrogens is 502 g/mol. The van der Waals surface area contributed by atoms with E-state index in [1.54, 1.807) is 0 Å². The van der Waals surface area contributed by atoms with Crippen molar-refractivity contribution in [3.63, 3.8) is 0 Å². The van der Waals surface area contributed by atoms with E-state index in [-0.39, 0.29) is 5.92 Å². The Labute approximate surface area is 228 Å². The van der Waals surface area contributed by atoms with E-state index >= 15 is 0 Å². The topological polar surface area (TPSA) is 74.5 Å². The maximum Gasteiger partial charge on any atom is 0.324 e. The molecule has 1 aliphatic heterocycles. The SMILES string of the molecule is CC(C)c1noc(N(CCNC=O)CCC2CCCN(Sc3ccc(SCc4ccccc4)cc3)C2)n1. The summed E-state index contributed by atoms with van der Waals surface area (Å²) in [5.41, 5.74) is 1.35. The predicted molar refractivity (Wildman–Crippen MR) is 152 cm³/mol. The lowest BCUT2D eigenvalue weighted by molar-refractivity contribution is -0.109. The van der Waals surface area contributed by atoms with E-state index < -0.39 is 0 Å². The number of nitrogens with one attached hydrogen (secondary N) is 1. The van der Waals surface area contributed by atoms with Gasteiger partial charge in [0.2, 0.25) is 6.41 Å². The maximum atomic E-state index is 10.7. The standard InChI is InChI=1S/C28H37N5O2S2/c1-22(2)27-30-28(35-31-27)32(18-15-29-21-34)17-14-23-9-6-16-33(19-23)37-26-12-10-25(11-13-26)36-20-24-7-4-3-5-8-24/h3-5,7-8,10-13,21-23H,6,9,14-20H2,1-2H3,(H,29,34). The second-order valence-electron chi connectivity index (χ2n) is 9.67. The van der Waals surface area contributed by atoms with Gasteiger partial charge in [0, 0.05) is 54.2 Å². The Morgan fingerprint density at radius 2 is 1.92 bits per heavy atom. The molecule has 2 aromatic carbocycles. The molecular formula is C28H37N5O2S2. The number of thioether (sulfide) groups is 1. The Morgan fingerprint density at radius 1 is 1.14 bits per heavy atom. The summed E-state index contributed by atoms with van der Waals surface area (Å²) in [5.74, 6) is 2.53. The molecule has 1 fully saturated rings. The van der Waals surface area contributed by atoms with Gasteiger partial charge in [0.15, 0.2) is 5.82 Å². The van der Waals surface area contributed by atoms with E-state index in [0.29, 0.717) is 30.8 Å². The van der Waals surface area contributed by atoms with Gasteiger partial charge in [-0.05, 0) is 67.0 Å². The Morgan fingerprint density at radius 3 is 2.65 bits per heavy atom. The number of hydrogen-bond donors (Lipinski definition) is 1. The third-order valence-electron chi connectivity index (χ3n) is 6.42. The van der Waals surface area contributed by atoms with Crippen LogP contribution in [0, 0.1) is 5.92 Å². The summed E-state index contributed by atoms with van der Waals surface area (Å²) in [6.07, 6.45) is 4.21. The van der Waals surface area contributed by atoms with Crippen molar-refractivity contribution in [1.82, 2.24) is 19.8 Å². The lowest BCUT2D eigenvalue weighted by atomic mass is 9.96. The number of rotatable bonds is 14. The van der Waals surface area contributed by atoms with Gasteiger partial charge in [-0.15, -0.1) is 11.8 Å². The molecule has 4 rings (SSSR count). The first kappa shape index (κ1) is 27.5. The van der Waals surface area contributed by atoms with Crippen LogP contribution >= 0.6 is 23.7 Å². The largest absolute Gasteiger partial charge is 0.357 e. The first-order valence-corrected chi connectivity index (χ1v) is 14.8. The number of anilines is 1. The Bertz CT molecular complexity index is 1080. The quantitative estimate of drug-likeness (QED) is 0.118. The molecule has 0 radical (unpaired) electrons. The van der Waals surface area contributed by atoms with E-state index in [9.17, 15) is 4.79 Å². The van der Waals surface area contributed by atoms with Gasteiger partial charge in [-0.25, -0.2) is 4.31 Å². The number of carbonyl (C=O) groups excluding carboxylic acids is 1. The van der Waals surface area contributed by atoms with Crippen molar-refractivity contribution in [3.05, 3.63) is 66.0 Å². The first-order chi connectivity index (χ1) is 18.1. The number of benzene rings is 2. The minimum Gasteiger partial charge on any atom is -0.357 e. The maximum absolute atomic E-state index is 10.7. The molecule has 9 heteroatoms.